The van der Waals surface area contributed by atoms with Crippen molar-refractivity contribution in [1.29, 1.82) is 5.41 Å². The number of likely N-dealkylation sites (N-methyl/N-ethyl adjacent to an activating group) is 1. The van der Waals surface area contributed by atoms with Gasteiger partial charge in [-0.25, -0.2) is 4.79 Å². The average molecular weight is 467 g/mol. The third kappa shape index (κ3) is 9.45. The molecule has 3 rings (SSSR count). The van der Waals surface area contributed by atoms with Crippen LogP contribution < -0.4 is 56.7 Å². The van der Waals surface area contributed by atoms with Crippen LogP contribution in [0.2, 0.25) is 0 Å². The third-order valence-electron chi connectivity index (χ3n) is 4.87. The summed E-state index contributed by atoms with van der Waals surface area (Å²) in [6, 6.07) is 7.99. The Balaban J connectivity index is 0.000000385. The van der Waals surface area contributed by atoms with Gasteiger partial charge in [0.25, 0.3) is 0 Å². The summed E-state index contributed by atoms with van der Waals surface area (Å²) in [5.41, 5.74) is 1.51. The number of ether oxygens (including phenoxy) is 1. The normalized spacial score (nSPS) is 17.8. The van der Waals surface area contributed by atoms with E-state index in [9.17, 15) is 9.59 Å². The molecule has 1 amide bonds. The Labute approximate surface area is 233 Å². The predicted octanol–water partition coefficient (Wildman–Crippen LogP) is 0.627. The van der Waals surface area contributed by atoms with E-state index in [4.69, 9.17) is 15.3 Å². The van der Waals surface area contributed by atoms with Gasteiger partial charge in [0.2, 0.25) is 0 Å². The van der Waals surface area contributed by atoms with Crippen LogP contribution in [0.5, 0.6) is 5.75 Å². The molecule has 1 aromatic carbocycles. The first kappa shape index (κ1) is 29.0. The van der Waals surface area contributed by atoms with Crippen molar-refractivity contribution in [2.45, 2.75) is 64.0 Å². The van der Waals surface area contributed by atoms with E-state index in [0.717, 1.165) is 5.92 Å². The summed E-state index contributed by atoms with van der Waals surface area (Å²) >= 11 is 0. The number of carbonyl (C=O) groups is 2. The number of amides is 1. The van der Waals surface area contributed by atoms with E-state index in [0.29, 0.717) is 31.4 Å². The summed E-state index contributed by atoms with van der Waals surface area (Å²) in [5.74, 6) is 0.991. The van der Waals surface area contributed by atoms with Gasteiger partial charge in [-0.15, -0.1) is 17.8 Å². The molecule has 1 unspecified atom stereocenters. The largest absolute Gasteiger partial charge is 1.00 e. The molecule has 0 saturated heterocycles. The molecule has 0 spiro atoms. The molecule has 0 radical (unpaired) electrons. The number of phenolic OH excluding ortho intramolecular Hbond substituents is 1. The Bertz CT molecular complexity index is 816. The summed E-state index contributed by atoms with van der Waals surface area (Å²) in [6.45, 7) is 6.44. The molecular formula is C24H33KN3O4-. The summed E-state index contributed by atoms with van der Waals surface area (Å²) in [6.07, 6.45) is 6.55. The summed E-state index contributed by atoms with van der Waals surface area (Å²) in [5, 5.41) is 20.0. The number of hydrogen-bond acceptors (Lipinski definition) is 6. The molecule has 0 aromatic heterocycles. The predicted molar refractivity (Wildman–Crippen MR) is 119 cm³/mol. The maximum atomic E-state index is 12.3. The van der Waals surface area contributed by atoms with Crippen molar-refractivity contribution in [1.82, 2.24) is 10.2 Å². The number of aromatic hydroxyl groups is 1. The minimum Gasteiger partial charge on any atom is -0.534 e. The fourth-order valence-electron chi connectivity index (χ4n) is 3.33. The smallest absolute Gasteiger partial charge is 0.534 e. The van der Waals surface area contributed by atoms with Crippen molar-refractivity contribution >= 4 is 18.1 Å². The van der Waals surface area contributed by atoms with Crippen LogP contribution in [0.1, 0.15) is 57.9 Å². The molecule has 1 aromatic rings. The molecule has 1 aliphatic carbocycles. The first-order valence-electron chi connectivity index (χ1n) is 10.6. The van der Waals surface area contributed by atoms with Crippen molar-refractivity contribution in [3.8, 4) is 5.75 Å². The average Bonchev–Trinajstić information content (AvgIpc) is 3.53. The van der Waals surface area contributed by atoms with Gasteiger partial charge in [-0.1, -0.05) is 6.42 Å². The van der Waals surface area contributed by atoms with E-state index in [1.807, 2.05) is 26.8 Å². The van der Waals surface area contributed by atoms with Gasteiger partial charge >= 0.3 is 57.5 Å². The van der Waals surface area contributed by atoms with Gasteiger partial charge in [0.1, 0.15) is 11.9 Å². The first-order valence-corrected chi connectivity index (χ1v) is 10.6. The van der Waals surface area contributed by atoms with Gasteiger partial charge in [-0.3, -0.25) is 6.08 Å². The van der Waals surface area contributed by atoms with Crippen LogP contribution in [0.4, 0.5) is 4.79 Å². The number of hydrogen-bond donors (Lipinski definition) is 3. The molecule has 2 aliphatic rings. The fraction of sp³-hybridized carbons (Fsp3) is 0.542. The topological polar surface area (TPSA) is 103 Å². The van der Waals surface area contributed by atoms with E-state index in [1.54, 1.807) is 24.1 Å². The Morgan fingerprint density at radius 1 is 1.41 bits per heavy atom. The zero-order valence-corrected chi connectivity index (χ0v) is 22.9. The molecule has 32 heavy (non-hydrogen) atoms. The zero-order valence-electron chi connectivity index (χ0n) is 19.8. The fourth-order valence-corrected chi connectivity index (χ4v) is 3.33. The second-order valence-electron chi connectivity index (χ2n) is 8.72. The monoisotopic (exact) mass is 466 g/mol. The number of nitrogens with zero attached hydrogens (tertiary/aromatic N) is 1. The Hall–Kier alpha value is -1.03. The van der Waals surface area contributed by atoms with Crippen molar-refractivity contribution in [3.05, 3.63) is 41.5 Å². The minimum atomic E-state index is -0.567. The summed E-state index contributed by atoms with van der Waals surface area (Å²) in [4.78, 5) is 24.5. The van der Waals surface area contributed by atoms with Crippen molar-refractivity contribution in [3.63, 3.8) is 0 Å². The molecular weight excluding hydrogens is 433 g/mol. The Morgan fingerprint density at radius 3 is 2.62 bits per heavy atom. The molecule has 7 nitrogen and oxygen atoms in total. The number of nitrogens with one attached hydrogen (secondary N) is 2. The maximum Gasteiger partial charge on any atom is 1.00 e. The number of carbonyl (C=O) groups excluding carboxylic acids is 2. The number of rotatable bonds is 6. The van der Waals surface area contributed by atoms with Crippen LogP contribution in [0.15, 0.2) is 23.8 Å². The number of benzene rings is 1. The van der Waals surface area contributed by atoms with Gasteiger partial charge < -0.3 is 30.3 Å². The number of aldehydes is 1. The van der Waals surface area contributed by atoms with Crippen molar-refractivity contribution < 1.29 is 70.8 Å². The molecule has 170 valence electrons. The molecule has 3 N–H and O–H groups in total. The molecule has 1 aliphatic heterocycles. The van der Waals surface area contributed by atoms with Crippen LogP contribution in [-0.2, 0) is 9.53 Å². The standard InChI is InChI=1S/C15H24N3O3.C9H9O.K/c1-15(2,3)21-14(20)18-8-5-6-11(12(16)7-9-19)13(18)10-17-4;10-9-3-1-2-8(6-9)7-4-5-7;/h9,13,16-17H,5,7-8,10H2,1-4H3;1-2,6-7,10H,4-5H2;/q2*-1;+1. The second-order valence-corrected chi connectivity index (χ2v) is 8.72. The van der Waals surface area contributed by atoms with Crippen LogP contribution >= 0.6 is 0 Å². The van der Waals surface area contributed by atoms with Crippen molar-refractivity contribution in [2.24, 2.45) is 0 Å². The zero-order chi connectivity index (χ0) is 23.0. The number of phenols is 1. The minimum absolute atomic E-state index is 0. The van der Waals surface area contributed by atoms with Crippen molar-refractivity contribution in [2.75, 3.05) is 20.1 Å². The van der Waals surface area contributed by atoms with Gasteiger partial charge in [0.05, 0.1) is 0 Å². The molecule has 1 saturated carbocycles. The quantitative estimate of drug-likeness (QED) is 0.247. The van der Waals surface area contributed by atoms with Gasteiger partial charge in [0.15, 0.2) is 0 Å². The van der Waals surface area contributed by atoms with E-state index in [2.05, 4.69) is 17.5 Å². The molecule has 1 atom stereocenters. The van der Waals surface area contributed by atoms with E-state index >= 15 is 0 Å². The van der Waals surface area contributed by atoms with Crippen LogP contribution in [0.25, 0.3) is 0 Å². The molecule has 8 heteroatoms. The molecule has 0 bridgehead atoms. The first-order chi connectivity index (χ1) is 14.7. The Morgan fingerprint density at radius 2 is 2.09 bits per heavy atom. The summed E-state index contributed by atoms with van der Waals surface area (Å²) < 4.78 is 5.42. The van der Waals surface area contributed by atoms with E-state index in [-0.39, 0.29) is 75.3 Å². The molecule has 1 fully saturated rings. The van der Waals surface area contributed by atoms with Gasteiger partial charge in [-0.05, 0) is 53.0 Å². The van der Waals surface area contributed by atoms with Crippen LogP contribution in [0, 0.1) is 17.6 Å². The van der Waals surface area contributed by atoms with Crippen LogP contribution in [-0.4, -0.2) is 59.9 Å². The van der Waals surface area contributed by atoms with E-state index in [1.165, 1.54) is 18.4 Å². The van der Waals surface area contributed by atoms with Gasteiger partial charge in [-0.2, -0.15) is 23.3 Å². The Kier molecular flexibility index (Phi) is 12.3. The van der Waals surface area contributed by atoms with E-state index < -0.39 is 11.7 Å². The second kappa shape index (κ2) is 13.6. The third-order valence-corrected chi connectivity index (χ3v) is 4.87. The molecule has 1 heterocycles. The van der Waals surface area contributed by atoms with Crippen LogP contribution in [0.3, 0.4) is 0 Å². The summed E-state index contributed by atoms with van der Waals surface area (Å²) in [7, 11) is 1.78. The SMILES string of the molecule is CNCC1C(C(=N)CC=O)=[C-]CCN1C(=O)OC(C)(C)C.Oc1[c-]ccc(C2CC2)c1.[K+]. The van der Waals surface area contributed by atoms with Gasteiger partial charge in [0, 0.05) is 24.9 Å². The maximum absolute atomic E-state index is 12.3.